The Hall–Kier alpha value is -2.09. The third-order valence-electron chi connectivity index (χ3n) is 4.66. The lowest BCUT2D eigenvalue weighted by atomic mass is 10.1. The van der Waals surface area contributed by atoms with E-state index in [1.54, 1.807) is 48.5 Å². The molecule has 2 aromatic carbocycles. The highest BCUT2D eigenvalue weighted by molar-refractivity contribution is 7.89. The molecule has 150 valence electrons. The van der Waals surface area contributed by atoms with E-state index in [-0.39, 0.29) is 18.6 Å². The molecule has 1 aliphatic rings. The largest absolute Gasteiger partial charge is 0.484 e. The zero-order valence-corrected chi connectivity index (χ0v) is 17.2. The van der Waals surface area contributed by atoms with Crippen LogP contribution in [-0.2, 0) is 14.8 Å². The molecule has 1 N–H and O–H groups in total. The second-order valence-electron chi connectivity index (χ2n) is 6.80. The molecular formula is C20H23ClN2O4S. The molecular weight excluding hydrogens is 400 g/mol. The van der Waals surface area contributed by atoms with E-state index >= 15 is 0 Å². The Morgan fingerprint density at radius 3 is 2.32 bits per heavy atom. The zero-order chi connectivity index (χ0) is 20.1. The summed E-state index contributed by atoms with van der Waals surface area (Å²) in [6, 6.07) is 13.6. The van der Waals surface area contributed by atoms with E-state index in [9.17, 15) is 13.2 Å². The van der Waals surface area contributed by atoms with Crippen LogP contribution in [0.5, 0.6) is 5.75 Å². The summed E-state index contributed by atoms with van der Waals surface area (Å²) in [7, 11) is -3.50. The smallest absolute Gasteiger partial charge is 0.258 e. The predicted octanol–water partition coefficient (Wildman–Crippen LogP) is 3.00. The molecule has 8 heteroatoms. The third-order valence-corrected chi connectivity index (χ3v) is 6.83. The van der Waals surface area contributed by atoms with Crippen LogP contribution < -0.4 is 10.1 Å². The van der Waals surface area contributed by atoms with Crippen molar-refractivity contribution < 1.29 is 17.9 Å². The molecule has 0 radical (unpaired) electrons. The van der Waals surface area contributed by atoms with Gasteiger partial charge < -0.3 is 10.1 Å². The van der Waals surface area contributed by atoms with Gasteiger partial charge in [-0.15, -0.1) is 0 Å². The molecule has 3 rings (SSSR count). The average Bonchev–Trinajstić information content (AvgIpc) is 2.68. The van der Waals surface area contributed by atoms with E-state index in [4.69, 9.17) is 16.3 Å². The predicted molar refractivity (Wildman–Crippen MR) is 108 cm³/mol. The van der Waals surface area contributed by atoms with Gasteiger partial charge in [-0.05, 0) is 56.2 Å². The Balaban J connectivity index is 1.47. The number of nitrogens with zero attached hydrogens (tertiary/aromatic N) is 1. The molecule has 6 nitrogen and oxygen atoms in total. The van der Waals surface area contributed by atoms with Gasteiger partial charge in [0.2, 0.25) is 10.0 Å². The van der Waals surface area contributed by atoms with Crippen LogP contribution >= 0.6 is 11.6 Å². The van der Waals surface area contributed by atoms with Crippen molar-refractivity contribution in [3.05, 3.63) is 59.1 Å². The van der Waals surface area contributed by atoms with Crippen LogP contribution in [0.2, 0.25) is 5.02 Å². The minimum absolute atomic E-state index is 0.0641. The van der Waals surface area contributed by atoms with E-state index in [2.05, 4.69) is 5.32 Å². The monoisotopic (exact) mass is 422 g/mol. The zero-order valence-electron chi connectivity index (χ0n) is 15.6. The first-order valence-electron chi connectivity index (χ1n) is 9.09. The highest BCUT2D eigenvalue weighted by Gasteiger charge is 2.29. The second-order valence-corrected chi connectivity index (χ2v) is 9.18. The van der Waals surface area contributed by atoms with Crippen molar-refractivity contribution >= 4 is 27.5 Å². The van der Waals surface area contributed by atoms with Crippen molar-refractivity contribution in [3.8, 4) is 5.75 Å². The number of hydrogen-bond acceptors (Lipinski definition) is 4. The summed E-state index contributed by atoms with van der Waals surface area (Å²) in [5.41, 5.74) is 1.01. The van der Waals surface area contributed by atoms with Crippen LogP contribution in [0.25, 0.3) is 0 Å². The van der Waals surface area contributed by atoms with Crippen molar-refractivity contribution in [3.63, 3.8) is 0 Å². The van der Waals surface area contributed by atoms with Gasteiger partial charge in [0, 0.05) is 24.2 Å². The van der Waals surface area contributed by atoms with Gasteiger partial charge in [0.25, 0.3) is 5.91 Å². The Morgan fingerprint density at radius 2 is 1.71 bits per heavy atom. The number of carbonyl (C=O) groups excluding carboxylic acids is 1. The van der Waals surface area contributed by atoms with E-state index in [0.29, 0.717) is 41.6 Å². The molecule has 0 spiro atoms. The number of nitrogens with one attached hydrogen (secondary N) is 1. The van der Waals surface area contributed by atoms with E-state index < -0.39 is 10.0 Å². The number of piperidine rings is 1. The van der Waals surface area contributed by atoms with Gasteiger partial charge in [0.1, 0.15) is 5.75 Å². The number of amides is 1. The number of sulfonamides is 1. The minimum Gasteiger partial charge on any atom is -0.484 e. The molecule has 1 amide bonds. The molecule has 1 heterocycles. The molecule has 0 saturated carbocycles. The summed E-state index contributed by atoms with van der Waals surface area (Å²) in [5, 5.41) is 3.51. The maximum Gasteiger partial charge on any atom is 0.258 e. The minimum atomic E-state index is -3.50. The summed E-state index contributed by atoms with van der Waals surface area (Å²) in [6.45, 7) is 2.57. The first-order valence-corrected chi connectivity index (χ1v) is 10.9. The topological polar surface area (TPSA) is 75.7 Å². The highest BCUT2D eigenvalue weighted by atomic mass is 35.5. The molecule has 0 bridgehead atoms. The van der Waals surface area contributed by atoms with Gasteiger partial charge in [-0.2, -0.15) is 4.31 Å². The van der Waals surface area contributed by atoms with Crippen molar-refractivity contribution in [2.24, 2.45) is 0 Å². The van der Waals surface area contributed by atoms with Crippen LogP contribution in [0.1, 0.15) is 18.4 Å². The molecule has 1 saturated heterocycles. The molecule has 1 fully saturated rings. The number of carbonyl (C=O) groups is 1. The van der Waals surface area contributed by atoms with Crippen molar-refractivity contribution in [1.29, 1.82) is 0 Å². The van der Waals surface area contributed by atoms with Crippen molar-refractivity contribution in [2.45, 2.75) is 30.7 Å². The SMILES string of the molecule is Cc1ccc(S(=O)(=O)N2CCC(NC(=O)COc3ccc(Cl)cc3)CC2)cc1. The number of benzene rings is 2. The van der Waals surface area contributed by atoms with Crippen molar-refractivity contribution in [2.75, 3.05) is 19.7 Å². The van der Waals surface area contributed by atoms with Crippen LogP contribution in [0.3, 0.4) is 0 Å². The summed E-state index contributed by atoms with van der Waals surface area (Å²) >= 11 is 5.81. The van der Waals surface area contributed by atoms with E-state index in [1.807, 2.05) is 6.92 Å². The molecule has 1 aliphatic heterocycles. The summed E-state index contributed by atoms with van der Waals surface area (Å²) in [5.74, 6) is 0.341. The quantitative estimate of drug-likeness (QED) is 0.776. The summed E-state index contributed by atoms with van der Waals surface area (Å²) in [6.07, 6.45) is 1.13. The Labute approximate surface area is 170 Å². The van der Waals surface area contributed by atoms with Crippen LogP contribution in [-0.4, -0.2) is 44.4 Å². The highest BCUT2D eigenvalue weighted by Crippen LogP contribution is 2.21. The fourth-order valence-electron chi connectivity index (χ4n) is 3.05. The lowest BCUT2D eigenvalue weighted by molar-refractivity contribution is -0.124. The van der Waals surface area contributed by atoms with Gasteiger partial charge in [-0.3, -0.25) is 4.79 Å². The maximum atomic E-state index is 12.7. The van der Waals surface area contributed by atoms with Gasteiger partial charge in [-0.25, -0.2) is 8.42 Å². The standard InChI is InChI=1S/C20H23ClN2O4S/c1-15-2-8-19(9-3-15)28(25,26)23-12-10-17(11-13-23)22-20(24)14-27-18-6-4-16(21)5-7-18/h2-9,17H,10-14H2,1H3,(H,22,24). The fraction of sp³-hybridized carbons (Fsp3) is 0.350. The van der Waals surface area contributed by atoms with Gasteiger partial charge >= 0.3 is 0 Å². The second kappa shape index (κ2) is 8.94. The molecule has 0 unspecified atom stereocenters. The number of aryl methyl sites for hydroxylation is 1. The fourth-order valence-corrected chi connectivity index (χ4v) is 4.64. The Kier molecular flexibility index (Phi) is 6.59. The first-order chi connectivity index (χ1) is 13.3. The summed E-state index contributed by atoms with van der Waals surface area (Å²) < 4.78 is 32.3. The van der Waals surface area contributed by atoms with Crippen LogP contribution in [0.4, 0.5) is 0 Å². The summed E-state index contributed by atoms with van der Waals surface area (Å²) in [4.78, 5) is 12.4. The van der Waals surface area contributed by atoms with Crippen LogP contribution in [0, 0.1) is 6.92 Å². The molecule has 0 atom stereocenters. The molecule has 0 aromatic heterocycles. The Morgan fingerprint density at radius 1 is 1.11 bits per heavy atom. The maximum absolute atomic E-state index is 12.7. The molecule has 0 aliphatic carbocycles. The third kappa shape index (κ3) is 5.25. The number of halogens is 1. The average molecular weight is 423 g/mol. The number of ether oxygens (including phenoxy) is 1. The first kappa shape index (κ1) is 20.6. The molecule has 28 heavy (non-hydrogen) atoms. The Bertz CT molecular complexity index is 906. The lowest BCUT2D eigenvalue weighted by Crippen LogP contribution is -2.47. The van der Waals surface area contributed by atoms with Gasteiger partial charge in [0.15, 0.2) is 6.61 Å². The normalized spacial score (nSPS) is 15.9. The van der Waals surface area contributed by atoms with E-state index in [0.717, 1.165) is 5.56 Å². The van der Waals surface area contributed by atoms with Gasteiger partial charge in [-0.1, -0.05) is 29.3 Å². The number of hydrogen-bond donors (Lipinski definition) is 1. The van der Waals surface area contributed by atoms with Gasteiger partial charge in [0.05, 0.1) is 4.90 Å². The number of rotatable bonds is 6. The van der Waals surface area contributed by atoms with Crippen LogP contribution in [0.15, 0.2) is 53.4 Å². The van der Waals surface area contributed by atoms with E-state index in [1.165, 1.54) is 4.31 Å². The van der Waals surface area contributed by atoms with Crippen molar-refractivity contribution in [1.82, 2.24) is 9.62 Å². The lowest BCUT2D eigenvalue weighted by Gasteiger charge is -2.31. The molecule has 2 aromatic rings.